The molecule has 0 bridgehead atoms. The Labute approximate surface area is 280 Å². The fraction of sp³-hybridized carbons (Fsp3) is 0.158. The minimum Gasteiger partial charge on any atom is -0.306 e. The Balaban J connectivity index is 1.27. The van der Waals surface area contributed by atoms with Crippen LogP contribution in [0, 0.1) is 0 Å². The molecule has 9 heteroatoms. The Bertz CT molecular complexity index is 1970. The Morgan fingerprint density at radius 1 is 0.723 bits per heavy atom. The van der Waals surface area contributed by atoms with E-state index >= 15 is 0 Å². The van der Waals surface area contributed by atoms with E-state index in [1.807, 2.05) is 91.9 Å². The number of rotatable bonds is 9. The maximum Gasteiger partial charge on any atom is 0.258 e. The van der Waals surface area contributed by atoms with Gasteiger partial charge in [0.05, 0.1) is 22.8 Å². The molecule has 2 amide bonds. The van der Waals surface area contributed by atoms with E-state index < -0.39 is 10.0 Å². The number of benzene rings is 5. The number of amides is 2. The molecular weight excluding hydrogens is 630 g/mol. The summed E-state index contributed by atoms with van der Waals surface area (Å²) in [6, 6.07) is 39.4. The van der Waals surface area contributed by atoms with Crippen LogP contribution >= 0.6 is 11.6 Å². The van der Waals surface area contributed by atoms with Crippen LogP contribution in [-0.4, -0.2) is 30.6 Å². The lowest BCUT2D eigenvalue weighted by Gasteiger charge is -2.29. The zero-order chi connectivity index (χ0) is 33.0. The first-order valence-electron chi connectivity index (χ1n) is 15.4. The fourth-order valence-electron chi connectivity index (χ4n) is 5.84. The van der Waals surface area contributed by atoms with E-state index in [-0.39, 0.29) is 42.3 Å². The van der Waals surface area contributed by atoms with Gasteiger partial charge in [-0.25, -0.2) is 8.42 Å². The van der Waals surface area contributed by atoms with Crippen molar-refractivity contribution in [2.75, 3.05) is 9.80 Å². The lowest BCUT2D eigenvalue weighted by atomic mass is 10.1. The number of nitrogens with zero attached hydrogens (tertiary/aromatic N) is 3. The van der Waals surface area contributed by atoms with E-state index in [0.717, 1.165) is 16.7 Å². The van der Waals surface area contributed by atoms with Gasteiger partial charge in [0.2, 0.25) is 15.9 Å². The second-order valence-corrected chi connectivity index (χ2v) is 14.0. The Kier molecular flexibility index (Phi) is 9.54. The number of para-hydroxylation sites is 2. The highest BCUT2D eigenvalue weighted by molar-refractivity contribution is 7.89. The van der Waals surface area contributed by atoms with Gasteiger partial charge in [-0.15, -0.1) is 0 Å². The second-order valence-electron chi connectivity index (χ2n) is 11.6. The largest absolute Gasteiger partial charge is 0.306 e. The zero-order valence-electron chi connectivity index (χ0n) is 25.9. The van der Waals surface area contributed by atoms with Crippen LogP contribution in [0.25, 0.3) is 0 Å². The third kappa shape index (κ3) is 7.15. The van der Waals surface area contributed by atoms with Crippen LogP contribution < -0.4 is 9.80 Å². The molecule has 0 spiro atoms. The quantitative estimate of drug-likeness (QED) is 0.162. The van der Waals surface area contributed by atoms with Gasteiger partial charge in [0.1, 0.15) is 0 Å². The lowest BCUT2D eigenvalue weighted by Crippen LogP contribution is -2.39. The monoisotopic (exact) mass is 663 g/mol. The van der Waals surface area contributed by atoms with Gasteiger partial charge in [0.15, 0.2) is 0 Å². The summed E-state index contributed by atoms with van der Waals surface area (Å²) in [5, 5.41) is 0.452. The summed E-state index contributed by atoms with van der Waals surface area (Å²) in [7, 11) is -3.87. The molecule has 1 aliphatic heterocycles. The standard InChI is InChI=1S/C38H34ClN3O4S/c1-28-24-37(43)41(27-30-12-6-3-7-13-30)35-14-8-9-15-36(35)42(28)38(44)32-18-16-31(17-19-32)26-40(25-29-10-4-2-5-11-29)47(45,46)34-22-20-33(39)21-23-34/h2-23,28H,24-27H2,1H3. The van der Waals surface area contributed by atoms with Crippen LogP contribution in [0.3, 0.4) is 0 Å². The van der Waals surface area contributed by atoms with E-state index in [4.69, 9.17) is 11.6 Å². The Morgan fingerprint density at radius 3 is 1.87 bits per heavy atom. The van der Waals surface area contributed by atoms with Gasteiger partial charge in [-0.3, -0.25) is 9.59 Å². The van der Waals surface area contributed by atoms with E-state index in [9.17, 15) is 18.0 Å². The van der Waals surface area contributed by atoms with E-state index in [0.29, 0.717) is 28.5 Å². The molecule has 1 unspecified atom stereocenters. The van der Waals surface area contributed by atoms with Crippen molar-refractivity contribution in [1.29, 1.82) is 0 Å². The number of sulfonamides is 1. The van der Waals surface area contributed by atoms with Crippen LogP contribution in [0.15, 0.2) is 138 Å². The van der Waals surface area contributed by atoms with Crippen molar-refractivity contribution in [1.82, 2.24) is 4.31 Å². The van der Waals surface area contributed by atoms with Gasteiger partial charge in [0, 0.05) is 36.1 Å². The van der Waals surface area contributed by atoms with Crippen molar-refractivity contribution in [3.05, 3.63) is 161 Å². The third-order valence-corrected chi connectivity index (χ3v) is 10.3. The number of halogens is 1. The van der Waals surface area contributed by atoms with Crippen molar-refractivity contribution < 1.29 is 18.0 Å². The molecule has 0 saturated carbocycles. The van der Waals surface area contributed by atoms with Gasteiger partial charge in [0.25, 0.3) is 5.91 Å². The first kappa shape index (κ1) is 32.2. The molecule has 1 aliphatic rings. The van der Waals surface area contributed by atoms with Gasteiger partial charge < -0.3 is 9.80 Å². The molecule has 238 valence electrons. The van der Waals surface area contributed by atoms with Crippen molar-refractivity contribution >= 4 is 44.8 Å². The van der Waals surface area contributed by atoms with Crippen LogP contribution in [0.2, 0.25) is 5.02 Å². The molecule has 0 saturated heterocycles. The third-order valence-electron chi connectivity index (χ3n) is 8.26. The summed E-state index contributed by atoms with van der Waals surface area (Å²) >= 11 is 6.03. The van der Waals surface area contributed by atoms with E-state index in [2.05, 4.69) is 0 Å². The molecule has 0 radical (unpaired) electrons. The predicted octanol–water partition coefficient (Wildman–Crippen LogP) is 7.70. The number of fused-ring (bicyclic) bond motifs is 1. The normalized spacial score (nSPS) is 15.0. The first-order chi connectivity index (χ1) is 22.7. The van der Waals surface area contributed by atoms with Gasteiger partial charge >= 0.3 is 0 Å². The minimum atomic E-state index is -3.87. The molecule has 0 aliphatic carbocycles. The molecule has 7 nitrogen and oxygen atoms in total. The average molecular weight is 664 g/mol. The molecular formula is C38H34ClN3O4S. The van der Waals surface area contributed by atoms with Crippen molar-refractivity contribution in [3.8, 4) is 0 Å². The summed E-state index contributed by atoms with van der Waals surface area (Å²) in [6.45, 7) is 2.55. The topological polar surface area (TPSA) is 78.0 Å². The van der Waals surface area contributed by atoms with Crippen LogP contribution in [0.1, 0.15) is 40.4 Å². The summed E-state index contributed by atoms with van der Waals surface area (Å²) in [5.74, 6) is -0.291. The molecule has 47 heavy (non-hydrogen) atoms. The summed E-state index contributed by atoms with van der Waals surface area (Å²) in [6.07, 6.45) is 0.169. The Morgan fingerprint density at radius 2 is 1.26 bits per heavy atom. The van der Waals surface area contributed by atoms with Gasteiger partial charge in [-0.05, 0) is 72.1 Å². The first-order valence-corrected chi connectivity index (χ1v) is 17.2. The Hall–Kier alpha value is -4.76. The maximum atomic E-state index is 14.1. The second kappa shape index (κ2) is 13.9. The molecule has 5 aromatic rings. The highest BCUT2D eigenvalue weighted by atomic mass is 35.5. The van der Waals surface area contributed by atoms with Crippen molar-refractivity contribution in [2.45, 2.75) is 43.9 Å². The SMILES string of the molecule is CC1CC(=O)N(Cc2ccccc2)c2ccccc2N1C(=O)c1ccc(CN(Cc2ccccc2)S(=O)(=O)c2ccc(Cl)cc2)cc1. The number of carbonyl (C=O) groups is 2. The number of hydrogen-bond acceptors (Lipinski definition) is 4. The summed E-state index contributed by atoms with van der Waals surface area (Å²) in [4.78, 5) is 31.2. The molecule has 0 aromatic heterocycles. The number of hydrogen-bond donors (Lipinski definition) is 0. The van der Waals surface area contributed by atoms with E-state index in [1.165, 1.54) is 16.4 Å². The van der Waals surface area contributed by atoms with Crippen LogP contribution in [0.5, 0.6) is 0 Å². The summed E-state index contributed by atoms with van der Waals surface area (Å²) < 4.78 is 29.0. The highest BCUT2D eigenvalue weighted by Crippen LogP contribution is 2.37. The number of carbonyl (C=O) groups excluding carboxylic acids is 2. The van der Waals surface area contributed by atoms with Crippen LogP contribution in [0.4, 0.5) is 11.4 Å². The average Bonchev–Trinajstić information content (AvgIpc) is 3.18. The minimum absolute atomic E-state index is 0.0557. The predicted molar refractivity (Wildman–Crippen MR) is 186 cm³/mol. The molecule has 1 heterocycles. The van der Waals surface area contributed by atoms with Gasteiger partial charge in [-0.1, -0.05) is 96.5 Å². The number of anilines is 2. The zero-order valence-corrected chi connectivity index (χ0v) is 27.4. The van der Waals surface area contributed by atoms with E-state index in [1.54, 1.807) is 46.2 Å². The van der Waals surface area contributed by atoms with Crippen molar-refractivity contribution in [3.63, 3.8) is 0 Å². The van der Waals surface area contributed by atoms with Crippen molar-refractivity contribution in [2.24, 2.45) is 0 Å². The van der Waals surface area contributed by atoms with Gasteiger partial charge in [-0.2, -0.15) is 4.31 Å². The molecule has 0 N–H and O–H groups in total. The molecule has 5 aromatic carbocycles. The molecule has 6 rings (SSSR count). The van der Waals surface area contributed by atoms with Crippen LogP contribution in [-0.2, 0) is 34.5 Å². The summed E-state index contributed by atoms with van der Waals surface area (Å²) in [5.41, 5.74) is 4.36. The maximum absolute atomic E-state index is 14.1. The lowest BCUT2D eigenvalue weighted by molar-refractivity contribution is -0.118. The molecule has 1 atom stereocenters. The molecule has 0 fully saturated rings. The fourth-order valence-corrected chi connectivity index (χ4v) is 7.38. The smallest absolute Gasteiger partial charge is 0.258 e. The highest BCUT2D eigenvalue weighted by Gasteiger charge is 2.34.